The van der Waals surface area contributed by atoms with Crippen molar-refractivity contribution in [3.63, 3.8) is 0 Å². The van der Waals surface area contributed by atoms with Crippen LogP contribution in [0, 0.1) is 0 Å². The SMILES string of the molecule is CCCCP(=O)(ON(CCN)OCC)ON(CCN)OCC. The molecule has 0 aliphatic heterocycles. The molecule has 10 heteroatoms. The molecule has 4 N–H and O–H groups in total. The van der Waals surface area contributed by atoms with E-state index in [0.29, 0.717) is 32.7 Å². The first-order chi connectivity index (χ1) is 10.5. The molecule has 0 bridgehead atoms. The molecule has 0 spiro atoms. The molecule has 0 aromatic heterocycles. The highest BCUT2D eigenvalue weighted by Crippen LogP contribution is 2.50. The van der Waals surface area contributed by atoms with Crippen LogP contribution in [0.15, 0.2) is 0 Å². The molecule has 0 fully saturated rings. The second-order valence-electron chi connectivity index (χ2n) is 4.38. The first-order valence-electron chi connectivity index (χ1n) is 7.74. The van der Waals surface area contributed by atoms with E-state index in [1.165, 1.54) is 0 Å². The van der Waals surface area contributed by atoms with Gasteiger partial charge in [0.2, 0.25) is 0 Å². The molecule has 0 unspecified atom stereocenters. The third-order valence-corrected chi connectivity index (χ3v) is 4.11. The molecular weight excluding hydrogens is 311 g/mol. The standard InChI is InChI=1S/C12H31N4O5P/c1-4-7-12-22(17,20-15(10-8-13)18-5-2)21-16(11-9-14)19-6-3/h4-14H2,1-3H3. The molecule has 0 aromatic rings. The van der Waals surface area contributed by atoms with Gasteiger partial charge in [-0.3, -0.25) is 14.2 Å². The van der Waals surface area contributed by atoms with E-state index in [1.807, 2.05) is 6.92 Å². The van der Waals surface area contributed by atoms with Crippen LogP contribution in [0.1, 0.15) is 33.6 Å². The average Bonchev–Trinajstić information content (AvgIpc) is 2.46. The number of hydrogen-bond donors (Lipinski definition) is 2. The van der Waals surface area contributed by atoms with Gasteiger partial charge in [0.1, 0.15) is 0 Å². The minimum atomic E-state index is -3.48. The lowest BCUT2D eigenvalue weighted by atomic mass is 10.4. The van der Waals surface area contributed by atoms with Crippen LogP contribution in [-0.2, 0) is 23.5 Å². The Bertz CT molecular complexity index is 277. The van der Waals surface area contributed by atoms with E-state index < -0.39 is 7.60 Å². The Morgan fingerprint density at radius 2 is 1.36 bits per heavy atom. The lowest BCUT2D eigenvalue weighted by Gasteiger charge is -2.28. The van der Waals surface area contributed by atoms with Crippen LogP contribution in [-0.4, -0.2) is 56.0 Å². The van der Waals surface area contributed by atoms with Gasteiger partial charge in [0, 0.05) is 13.1 Å². The molecule has 134 valence electrons. The van der Waals surface area contributed by atoms with Crippen LogP contribution >= 0.6 is 7.60 Å². The molecule has 0 aromatic carbocycles. The molecule has 0 aliphatic carbocycles. The summed E-state index contributed by atoms with van der Waals surface area (Å²) in [5.74, 6) is 0. The van der Waals surface area contributed by atoms with Gasteiger partial charge >= 0.3 is 7.60 Å². The van der Waals surface area contributed by atoms with E-state index in [4.69, 9.17) is 30.4 Å². The highest BCUT2D eigenvalue weighted by atomic mass is 31.2. The van der Waals surface area contributed by atoms with Crippen LogP contribution in [0.2, 0.25) is 0 Å². The van der Waals surface area contributed by atoms with Crippen molar-refractivity contribution in [1.82, 2.24) is 10.5 Å². The van der Waals surface area contributed by atoms with Gasteiger partial charge in [-0.15, -0.1) is 0 Å². The zero-order valence-corrected chi connectivity index (χ0v) is 14.8. The predicted octanol–water partition coefficient (Wildman–Crippen LogP) is 1.27. The Balaban J connectivity index is 4.88. The van der Waals surface area contributed by atoms with Crippen molar-refractivity contribution >= 4 is 7.60 Å². The third-order valence-electron chi connectivity index (χ3n) is 2.39. The molecule has 0 radical (unpaired) electrons. The first-order valence-corrected chi connectivity index (χ1v) is 9.47. The van der Waals surface area contributed by atoms with Crippen LogP contribution in [0.25, 0.3) is 0 Å². The molecule has 0 rings (SSSR count). The van der Waals surface area contributed by atoms with Crippen LogP contribution in [0.5, 0.6) is 0 Å². The molecule has 0 atom stereocenters. The number of nitrogens with two attached hydrogens (primary N) is 2. The molecule has 0 heterocycles. The highest BCUT2D eigenvalue weighted by molar-refractivity contribution is 7.53. The second-order valence-corrected chi connectivity index (χ2v) is 6.37. The van der Waals surface area contributed by atoms with Crippen LogP contribution in [0.3, 0.4) is 0 Å². The van der Waals surface area contributed by atoms with Crippen molar-refractivity contribution < 1.29 is 23.5 Å². The molecule has 0 amide bonds. The van der Waals surface area contributed by atoms with E-state index in [1.54, 1.807) is 13.8 Å². The maximum absolute atomic E-state index is 12.9. The maximum atomic E-state index is 12.9. The van der Waals surface area contributed by atoms with E-state index in [-0.39, 0.29) is 19.3 Å². The lowest BCUT2D eigenvalue weighted by Crippen LogP contribution is -2.33. The van der Waals surface area contributed by atoms with Crippen molar-refractivity contribution in [1.29, 1.82) is 0 Å². The van der Waals surface area contributed by atoms with Crippen LogP contribution in [0.4, 0.5) is 0 Å². The molecular formula is C12H31N4O5P. The van der Waals surface area contributed by atoms with Gasteiger partial charge in [-0.05, 0) is 20.3 Å². The van der Waals surface area contributed by atoms with Gasteiger partial charge in [0.15, 0.2) is 0 Å². The fraction of sp³-hybridized carbons (Fsp3) is 1.00. The van der Waals surface area contributed by atoms with E-state index >= 15 is 0 Å². The molecule has 9 nitrogen and oxygen atoms in total. The average molecular weight is 342 g/mol. The van der Waals surface area contributed by atoms with E-state index in [0.717, 1.165) is 16.9 Å². The highest BCUT2D eigenvalue weighted by Gasteiger charge is 2.32. The summed E-state index contributed by atoms with van der Waals surface area (Å²) >= 11 is 0. The predicted molar refractivity (Wildman–Crippen MR) is 84.3 cm³/mol. The Hall–Kier alpha value is -0.0900. The van der Waals surface area contributed by atoms with Gasteiger partial charge in [-0.25, -0.2) is 0 Å². The molecule has 0 saturated carbocycles. The summed E-state index contributed by atoms with van der Waals surface area (Å²) in [7, 11) is -3.48. The fourth-order valence-corrected chi connectivity index (χ4v) is 3.19. The number of hydrogen-bond acceptors (Lipinski definition) is 9. The summed E-state index contributed by atoms with van der Waals surface area (Å²) in [5, 5.41) is 2.23. The van der Waals surface area contributed by atoms with E-state index in [2.05, 4.69) is 0 Å². The lowest BCUT2D eigenvalue weighted by molar-refractivity contribution is -0.349. The van der Waals surface area contributed by atoms with Crippen molar-refractivity contribution in [2.45, 2.75) is 33.6 Å². The second kappa shape index (κ2) is 13.4. The summed E-state index contributed by atoms with van der Waals surface area (Å²) in [6, 6.07) is 0. The monoisotopic (exact) mass is 342 g/mol. The van der Waals surface area contributed by atoms with Gasteiger partial charge in [-0.2, -0.15) is 9.25 Å². The number of hydroxylamine groups is 4. The molecule has 0 aliphatic rings. The topological polar surface area (TPSA) is 113 Å². The summed E-state index contributed by atoms with van der Waals surface area (Å²) < 4.78 is 23.8. The first kappa shape index (κ1) is 21.9. The van der Waals surface area contributed by atoms with Crippen LogP contribution < -0.4 is 11.5 Å². The van der Waals surface area contributed by atoms with Crippen molar-refractivity contribution in [3.05, 3.63) is 0 Å². The van der Waals surface area contributed by atoms with Crippen molar-refractivity contribution in [2.24, 2.45) is 11.5 Å². The number of unbranched alkanes of at least 4 members (excludes halogenated alkanes) is 1. The van der Waals surface area contributed by atoms with Crippen molar-refractivity contribution in [3.8, 4) is 0 Å². The van der Waals surface area contributed by atoms with Gasteiger partial charge in [0.25, 0.3) is 0 Å². The van der Waals surface area contributed by atoms with Gasteiger partial charge < -0.3 is 11.5 Å². The summed E-state index contributed by atoms with van der Waals surface area (Å²) in [6.07, 6.45) is 1.78. The number of rotatable bonds is 15. The Morgan fingerprint density at radius 3 is 1.68 bits per heavy atom. The summed E-state index contributed by atoms with van der Waals surface area (Å²) in [6.45, 7) is 7.47. The molecule has 22 heavy (non-hydrogen) atoms. The smallest absolute Gasteiger partial charge is 0.329 e. The third kappa shape index (κ3) is 9.83. The van der Waals surface area contributed by atoms with Gasteiger partial charge in [0.05, 0.1) is 32.5 Å². The summed E-state index contributed by atoms with van der Waals surface area (Å²) in [4.78, 5) is 10.5. The zero-order chi connectivity index (χ0) is 16.8. The maximum Gasteiger partial charge on any atom is 0.367 e. The van der Waals surface area contributed by atoms with Gasteiger partial charge in [-0.1, -0.05) is 23.8 Å². The summed E-state index contributed by atoms with van der Waals surface area (Å²) in [5.41, 5.74) is 11.0. The largest absolute Gasteiger partial charge is 0.367 e. The van der Waals surface area contributed by atoms with Crippen molar-refractivity contribution in [2.75, 3.05) is 45.6 Å². The zero-order valence-electron chi connectivity index (χ0n) is 13.9. The van der Waals surface area contributed by atoms with E-state index in [9.17, 15) is 4.57 Å². The normalized spacial score (nSPS) is 12.5. The Morgan fingerprint density at radius 1 is 0.909 bits per heavy atom. The fourth-order valence-electron chi connectivity index (χ4n) is 1.48. The number of nitrogens with zero attached hydrogens (tertiary/aromatic N) is 2. The minimum Gasteiger partial charge on any atom is -0.329 e. The quantitative estimate of drug-likeness (QED) is 0.335. The molecule has 0 saturated heterocycles. The Labute approximate surface area is 133 Å². The minimum absolute atomic E-state index is 0.242. The Kier molecular flexibility index (Phi) is 13.3.